The number of fused-ring (bicyclic) bond motifs is 1. The molecule has 34 heteroatoms. The molecule has 8 N–H and O–H groups in total. The first-order chi connectivity index (χ1) is 31.0. The molecule has 5 aromatic rings. The molecular weight excluding hydrogens is 987 g/mol. The summed E-state index contributed by atoms with van der Waals surface area (Å²) >= 11 is 0. The Morgan fingerprint density at radius 1 is 0.642 bits per heavy atom. The summed E-state index contributed by atoms with van der Waals surface area (Å²) in [4.78, 5) is 42.4. The third-order valence-corrected chi connectivity index (χ3v) is 12.2. The number of aliphatic carboxylic acids is 1. The van der Waals surface area contributed by atoms with Crippen molar-refractivity contribution in [1.29, 1.82) is 0 Å². The van der Waals surface area contributed by atoms with E-state index in [-0.39, 0.29) is 5.69 Å². The van der Waals surface area contributed by atoms with Crippen molar-refractivity contribution in [2.45, 2.75) is 25.6 Å². The van der Waals surface area contributed by atoms with Crippen molar-refractivity contribution in [3.8, 4) is 11.5 Å². The zero-order valence-electron chi connectivity index (χ0n) is 32.0. The van der Waals surface area contributed by atoms with Crippen molar-refractivity contribution >= 4 is 115 Å². The zero-order chi connectivity index (χ0) is 49.7. The number of nitrogens with zero attached hydrogens (tertiary/aromatic N) is 9. The summed E-state index contributed by atoms with van der Waals surface area (Å²) < 4.78 is 137. The molecule has 0 aliphatic carbocycles. The highest BCUT2D eigenvalue weighted by Crippen LogP contribution is 2.50. The topological polar surface area (TPSA) is 483 Å². The first-order valence-corrected chi connectivity index (χ1v) is 22.9. The van der Waals surface area contributed by atoms with Crippen molar-refractivity contribution in [3.63, 3.8) is 0 Å². The third kappa shape index (κ3) is 9.93. The molecule has 0 radical (unpaired) electrons. The number of carboxylic acid groups (broad SMARTS) is 2. The van der Waals surface area contributed by atoms with Crippen molar-refractivity contribution in [2.75, 3.05) is 5.01 Å². The van der Waals surface area contributed by atoms with Gasteiger partial charge < -0.3 is 20.4 Å². The zero-order valence-corrected chi connectivity index (χ0v) is 35.3. The normalized spacial score (nSPS) is 15.0. The molecule has 348 valence electrons. The minimum atomic E-state index is -5.55. The van der Waals surface area contributed by atoms with E-state index in [1.807, 2.05) is 0 Å². The lowest BCUT2D eigenvalue weighted by molar-refractivity contribution is -0.385. The van der Waals surface area contributed by atoms with Crippen LogP contribution in [0.25, 0.3) is 10.8 Å². The van der Waals surface area contributed by atoms with Crippen LogP contribution in [0.1, 0.15) is 10.4 Å². The molecule has 1 aliphatic heterocycles. The Morgan fingerprint density at radius 2 is 1.16 bits per heavy atom. The van der Waals surface area contributed by atoms with Crippen LogP contribution in [0, 0.1) is 10.1 Å². The van der Waals surface area contributed by atoms with E-state index in [0.717, 1.165) is 42.5 Å². The van der Waals surface area contributed by atoms with Gasteiger partial charge in [0.25, 0.3) is 52.1 Å². The number of nitro benzene ring substituents is 1. The lowest BCUT2D eigenvalue weighted by Gasteiger charge is -2.13. The molecule has 0 spiro atoms. The molecule has 5 aromatic carbocycles. The van der Waals surface area contributed by atoms with Gasteiger partial charge in [0.05, 0.1) is 32.3 Å². The fraction of sp³-hybridized carbons (Fsp3) is 0.0303. The molecule has 1 atom stereocenters. The molecular formula is C33H21N9O21S4. The van der Waals surface area contributed by atoms with Gasteiger partial charge >= 0.3 is 11.9 Å². The van der Waals surface area contributed by atoms with Crippen LogP contribution < -0.4 is 5.01 Å². The number of carboxylic acids is 2. The van der Waals surface area contributed by atoms with Gasteiger partial charge in [-0.1, -0.05) is 0 Å². The number of amides is 1. The summed E-state index contributed by atoms with van der Waals surface area (Å²) in [6.45, 7) is 0. The van der Waals surface area contributed by atoms with Crippen LogP contribution in [-0.2, 0) is 50.1 Å². The Morgan fingerprint density at radius 3 is 1.66 bits per heavy atom. The van der Waals surface area contributed by atoms with Crippen molar-refractivity contribution in [1.82, 2.24) is 0 Å². The summed E-state index contributed by atoms with van der Waals surface area (Å²) in [5.74, 6) is -7.63. The highest BCUT2D eigenvalue weighted by molar-refractivity contribution is 7.86. The molecule has 0 saturated carbocycles. The van der Waals surface area contributed by atoms with Crippen LogP contribution in [0.4, 0.5) is 39.8 Å². The third-order valence-electron chi connectivity index (χ3n) is 8.75. The first kappa shape index (κ1) is 48.3. The van der Waals surface area contributed by atoms with Crippen LogP contribution >= 0.6 is 0 Å². The summed E-state index contributed by atoms with van der Waals surface area (Å²) in [6, 6.07) is 6.81. The van der Waals surface area contributed by atoms with Gasteiger partial charge in [-0.2, -0.15) is 59.1 Å². The number of phenolic OH excluding ortho intramolecular Hbond substituents is 2. The minimum Gasteiger partial charge on any atom is -0.505 e. The average Bonchev–Trinajstić information content (AvgIpc) is 3.56. The molecule has 67 heavy (non-hydrogen) atoms. The van der Waals surface area contributed by atoms with Crippen LogP contribution in [0.2, 0.25) is 0 Å². The van der Waals surface area contributed by atoms with Crippen LogP contribution in [-0.4, -0.2) is 107 Å². The Bertz CT molecular complexity index is 3620. The summed E-state index contributed by atoms with van der Waals surface area (Å²) in [7, 11) is -21.1. The summed E-state index contributed by atoms with van der Waals surface area (Å²) in [5, 5.41) is 76.5. The molecule has 6 rings (SSSR count). The van der Waals surface area contributed by atoms with Gasteiger partial charge in [-0.15, -0.1) is 15.3 Å². The molecule has 0 saturated heterocycles. The van der Waals surface area contributed by atoms with E-state index in [2.05, 4.69) is 35.8 Å². The SMILES string of the molecule is O=C(O)C1=NN(c2ccc(S(=O)(=O)O)cc2)C(=O)C1N=Nc1ccc(N=Nc2c(S(=O)(=O)O)cc3cc(S(=O)(=O)O)c(N=Nc4ccc([N+](=O)[O-])c(C(=O)O)c4)c(O)c3c2O)c(S(=O)(=O)O)c1. The van der Waals surface area contributed by atoms with Crippen LogP contribution in [0.15, 0.2) is 128 Å². The second-order valence-corrected chi connectivity index (χ2v) is 18.6. The Labute approximate surface area is 371 Å². The maximum absolute atomic E-state index is 13.2. The highest BCUT2D eigenvalue weighted by atomic mass is 32.2. The molecule has 1 unspecified atom stereocenters. The number of phenols is 2. The van der Waals surface area contributed by atoms with Gasteiger partial charge in [-0.3, -0.25) is 33.1 Å². The fourth-order valence-electron chi connectivity index (χ4n) is 5.81. The number of anilines is 1. The second-order valence-electron chi connectivity index (χ2n) is 13.0. The van der Waals surface area contributed by atoms with Gasteiger partial charge in [0.1, 0.15) is 37.3 Å². The fourth-order valence-corrected chi connectivity index (χ4v) is 8.25. The average molecular weight is 1010 g/mol. The first-order valence-electron chi connectivity index (χ1n) is 17.1. The maximum atomic E-state index is 13.2. The standard InChI is InChI=1S/C33H21N9O21S4/c43-29-24-13(9-22(66(58,59)60)25(29)37-34-14-2-8-20(42(50)51)18(11-14)32(46)47)10-23(67(61,62)63)26(30(24)44)38-36-19-7-1-15(12-21(19)65(55,56)57)35-39-27-28(33(48)49)40-41(31(27)45)16-3-5-17(6-4-16)64(52,53)54/h1-12,27,43-44H,(H,46,47)(H,48,49)(H,52,53,54)(H,55,56,57)(H,58,59,60)(H,61,62,63). The molecule has 1 heterocycles. The van der Waals surface area contributed by atoms with E-state index >= 15 is 0 Å². The monoisotopic (exact) mass is 1010 g/mol. The number of hydrogen-bond donors (Lipinski definition) is 8. The number of rotatable bonds is 14. The van der Waals surface area contributed by atoms with Crippen molar-refractivity contribution < 1.29 is 91.6 Å². The van der Waals surface area contributed by atoms with Crippen molar-refractivity contribution in [3.05, 3.63) is 88.5 Å². The minimum absolute atomic E-state index is 0.187. The van der Waals surface area contributed by atoms with Gasteiger partial charge in [0.15, 0.2) is 17.2 Å². The lowest BCUT2D eigenvalue weighted by atomic mass is 10.1. The number of aromatic carboxylic acids is 1. The lowest BCUT2D eigenvalue weighted by Crippen LogP contribution is -2.33. The van der Waals surface area contributed by atoms with Gasteiger partial charge in [0.2, 0.25) is 6.04 Å². The number of benzene rings is 5. The number of carbonyl (C=O) groups is 3. The van der Waals surface area contributed by atoms with Gasteiger partial charge in [-0.05, 0) is 72.1 Å². The molecule has 0 fully saturated rings. The van der Waals surface area contributed by atoms with E-state index in [4.69, 9.17) is 0 Å². The summed E-state index contributed by atoms with van der Waals surface area (Å²) in [5.41, 5.74) is -7.38. The van der Waals surface area contributed by atoms with E-state index in [9.17, 15) is 96.8 Å². The molecule has 0 bridgehead atoms. The molecule has 30 nitrogen and oxygen atoms in total. The number of nitro groups is 1. The maximum Gasteiger partial charge on any atom is 0.355 e. The highest BCUT2D eigenvalue weighted by Gasteiger charge is 2.41. The van der Waals surface area contributed by atoms with E-state index < -0.39 is 157 Å². The van der Waals surface area contributed by atoms with Gasteiger partial charge in [0, 0.05) is 6.07 Å². The predicted molar refractivity (Wildman–Crippen MR) is 219 cm³/mol. The van der Waals surface area contributed by atoms with Crippen LogP contribution in [0.3, 0.4) is 0 Å². The Hall–Kier alpha value is -8.12. The second kappa shape index (κ2) is 17.4. The number of carbonyl (C=O) groups excluding carboxylic acids is 1. The number of hydrazone groups is 1. The quantitative estimate of drug-likeness (QED) is 0.0325. The predicted octanol–water partition coefficient (Wildman–Crippen LogP) is 4.61. The van der Waals surface area contributed by atoms with Crippen LogP contribution in [0.5, 0.6) is 11.5 Å². The number of azo groups is 3. The van der Waals surface area contributed by atoms with E-state index in [1.165, 1.54) is 0 Å². The number of aromatic hydroxyl groups is 2. The number of hydrogen-bond acceptors (Lipinski definition) is 22. The molecule has 0 aromatic heterocycles. The van der Waals surface area contributed by atoms with E-state index in [0.29, 0.717) is 35.3 Å². The molecule has 1 aliphatic rings. The largest absolute Gasteiger partial charge is 0.505 e. The Balaban J connectivity index is 1.42. The Kier molecular flexibility index (Phi) is 12.5. The van der Waals surface area contributed by atoms with Crippen molar-refractivity contribution in [2.24, 2.45) is 35.8 Å². The molecule has 1 amide bonds. The van der Waals surface area contributed by atoms with E-state index in [1.54, 1.807) is 0 Å². The summed E-state index contributed by atoms with van der Waals surface area (Å²) in [6.07, 6.45) is 0. The smallest absolute Gasteiger partial charge is 0.355 e. The van der Waals surface area contributed by atoms with Gasteiger partial charge in [-0.25, -0.2) is 9.59 Å².